The molecule has 1 aromatic carbocycles. The molecule has 0 aliphatic carbocycles. The molecule has 0 unspecified atom stereocenters. The predicted molar refractivity (Wildman–Crippen MR) is 115 cm³/mol. The van der Waals surface area contributed by atoms with Gasteiger partial charge in [-0.2, -0.15) is 0 Å². The number of unbranched alkanes of at least 4 members (excludes halogenated alkanes) is 12. The lowest BCUT2D eigenvalue weighted by atomic mass is 10.0. The lowest BCUT2D eigenvalue weighted by Crippen LogP contribution is -2.22. The van der Waals surface area contributed by atoms with Crippen molar-refractivity contribution in [2.24, 2.45) is 0 Å². The number of aryl methyl sites for hydroxylation is 1. The molecular weight excluding hydrogens is 318 g/mol. The van der Waals surface area contributed by atoms with Crippen LogP contribution in [0.4, 0.5) is 5.69 Å². The summed E-state index contributed by atoms with van der Waals surface area (Å²) in [7, 11) is 1.76. The van der Waals surface area contributed by atoms with Crippen LogP contribution in [-0.4, -0.2) is 13.0 Å². The fraction of sp³-hybridized carbons (Fsp3) is 0.667. The maximum atomic E-state index is 11.3. The molecule has 1 rings (SSSR count). The Morgan fingerprint density at radius 3 is 1.62 bits per heavy atom. The molecule has 0 N–H and O–H groups in total. The molecule has 147 valence electrons. The zero-order valence-corrected chi connectivity index (χ0v) is 17.3. The van der Waals surface area contributed by atoms with E-state index in [4.69, 9.17) is 0 Å². The molecule has 0 fully saturated rings. The highest BCUT2D eigenvalue weighted by molar-refractivity contribution is 5.95. The van der Waals surface area contributed by atoms with E-state index in [9.17, 15) is 4.79 Å². The van der Waals surface area contributed by atoms with Crippen LogP contribution in [0.5, 0.6) is 0 Å². The monoisotopic (exact) mass is 358 g/mol. The summed E-state index contributed by atoms with van der Waals surface area (Å²) in [5.41, 5.74) is 2.28. The Bertz CT molecular complexity index is 466. The minimum absolute atomic E-state index is 0.172. The van der Waals surface area contributed by atoms with E-state index in [1.54, 1.807) is 11.9 Å². The van der Waals surface area contributed by atoms with Gasteiger partial charge in [0.25, 0.3) is 0 Å². The summed E-state index contributed by atoms with van der Waals surface area (Å²) in [5, 5.41) is 0. The zero-order chi connectivity index (χ0) is 19.0. The van der Waals surface area contributed by atoms with Gasteiger partial charge >= 0.3 is 0 Å². The average Bonchev–Trinajstić information content (AvgIpc) is 2.65. The molecule has 0 atom stereocenters. The van der Waals surface area contributed by atoms with Crippen LogP contribution in [0.3, 0.4) is 0 Å². The van der Waals surface area contributed by atoms with Gasteiger partial charge in [-0.15, -0.1) is 0 Å². The van der Waals surface area contributed by atoms with E-state index >= 15 is 0 Å². The summed E-state index contributed by atoms with van der Waals surface area (Å²) in [5.74, 6) is -0.172. The van der Waals surface area contributed by atoms with E-state index in [0.717, 1.165) is 12.1 Å². The van der Waals surface area contributed by atoms with Gasteiger partial charge in [0.1, 0.15) is 0 Å². The second-order valence-corrected chi connectivity index (χ2v) is 7.61. The van der Waals surface area contributed by atoms with Gasteiger partial charge in [-0.25, -0.2) is 0 Å². The van der Waals surface area contributed by atoms with Crippen molar-refractivity contribution in [2.75, 3.05) is 11.9 Å². The summed E-state index contributed by atoms with van der Waals surface area (Å²) >= 11 is 0. The number of rotatable bonds is 15. The minimum Gasteiger partial charge on any atom is -0.315 e. The third kappa shape index (κ3) is 10.6. The van der Waals surface area contributed by atoms with E-state index in [0.29, 0.717) is 0 Å². The Labute approximate surface area is 162 Å². The molecule has 2 heteroatoms. The SMILES string of the molecule is [CH2]C(=O)N(C)c1ccc(CCCCCCCCCCCCCCC)cc1. The fourth-order valence-electron chi connectivity index (χ4n) is 3.38. The van der Waals surface area contributed by atoms with Gasteiger partial charge < -0.3 is 4.90 Å². The largest absolute Gasteiger partial charge is 0.315 e. The highest BCUT2D eigenvalue weighted by Gasteiger charge is 2.04. The Morgan fingerprint density at radius 2 is 1.19 bits per heavy atom. The number of hydrogen-bond donors (Lipinski definition) is 0. The molecule has 0 heterocycles. The Balaban J connectivity index is 1.95. The fourth-order valence-corrected chi connectivity index (χ4v) is 3.38. The van der Waals surface area contributed by atoms with Crippen LogP contribution < -0.4 is 4.90 Å². The van der Waals surface area contributed by atoms with Crippen molar-refractivity contribution < 1.29 is 4.79 Å². The van der Waals surface area contributed by atoms with Crippen molar-refractivity contribution in [1.29, 1.82) is 0 Å². The Morgan fingerprint density at radius 1 is 0.769 bits per heavy atom. The standard InChI is InChI=1S/C24H40NO/c1-4-5-6-7-8-9-10-11-12-13-14-15-16-17-23-18-20-24(21-19-23)25(3)22(2)26/h18-21H,2,4-17H2,1,3H3. The summed E-state index contributed by atoms with van der Waals surface area (Å²) in [4.78, 5) is 12.8. The number of carbonyl (C=O) groups excluding carboxylic acids is 1. The predicted octanol–water partition coefficient (Wildman–Crippen LogP) is 7.12. The van der Waals surface area contributed by atoms with Gasteiger partial charge in [0, 0.05) is 19.7 Å². The highest BCUT2D eigenvalue weighted by atomic mass is 16.2. The van der Waals surface area contributed by atoms with Crippen molar-refractivity contribution >= 4 is 11.6 Å². The summed E-state index contributed by atoms with van der Waals surface area (Å²) in [6.07, 6.45) is 19.3. The van der Waals surface area contributed by atoms with E-state index in [1.807, 2.05) is 12.1 Å². The summed E-state index contributed by atoms with van der Waals surface area (Å²) < 4.78 is 0. The topological polar surface area (TPSA) is 20.3 Å². The normalized spacial score (nSPS) is 10.9. The number of amides is 1. The van der Waals surface area contributed by atoms with Crippen molar-refractivity contribution in [3.05, 3.63) is 36.8 Å². The van der Waals surface area contributed by atoms with Gasteiger partial charge in [0.2, 0.25) is 5.91 Å². The van der Waals surface area contributed by atoms with Gasteiger partial charge in [0.15, 0.2) is 0 Å². The minimum atomic E-state index is -0.172. The number of anilines is 1. The molecule has 1 radical (unpaired) electrons. The van der Waals surface area contributed by atoms with Gasteiger partial charge in [-0.05, 0) is 30.5 Å². The lowest BCUT2D eigenvalue weighted by Gasteiger charge is -2.15. The lowest BCUT2D eigenvalue weighted by molar-refractivity contribution is -0.114. The smallest absolute Gasteiger partial charge is 0.227 e. The van der Waals surface area contributed by atoms with Crippen molar-refractivity contribution in [3.63, 3.8) is 0 Å². The van der Waals surface area contributed by atoms with E-state index in [2.05, 4.69) is 26.0 Å². The van der Waals surface area contributed by atoms with Gasteiger partial charge in [-0.1, -0.05) is 96.1 Å². The van der Waals surface area contributed by atoms with Crippen LogP contribution in [0, 0.1) is 6.92 Å². The van der Waals surface area contributed by atoms with Crippen molar-refractivity contribution in [2.45, 2.75) is 96.8 Å². The maximum absolute atomic E-state index is 11.3. The van der Waals surface area contributed by atoms with Crippen LogP contribution >= 0.6 is 0 Å². The molecular formula is C24H40NO. The number of carbonyl (C=O) groups is 1. The molecule has 1 aromatic rings. The zero-order valence-electron chi connectivity index (χ0n) is 17.3. The van der Waals surface area contributed by atoms with Crippen molar-refractivity contribution in [3.8, 4) is 0 Å². The second kappa shape index (κ2) is 14.8. The molecule has 0 aliphatic rings. The Kier molecular flexibility index (Phi) is 13.0. The van der Waals surface area contributed by atoms with Gasteiger partial charge in [-0.3, -0.25) is 4.79 Å². The first-order chi connectivity index (χ1) is 12.6. The quantitative estimate of drug-likeness (QED) is 0.306. The second-order valence-electron chi connectivity index (χ2n) is 7.61. The van der Waals surface area contributed by atoms with Crippen LogP contribution in [-0.2, 0) is 11.2 Å². The highest BCUT2D eigenvalue weighted by Crippen LogP contribution is 2.17. The van der Waals surface area contributed by atoms with Crippen molar-refractivity contribution in [1.82, 2.24) is 0 Å². The average molecular weight is 359 g/mol. The van der Waals surface area contributed by atoms with Crippen LogP contribution in [0.15, 0.2) is 24.3 Å². The van der Waals surface area contributed by atoms with Crippen LogP contribution in [0.2, 0.25) is 0 Å². The molecule has 2 nitrogen and oxygen atoms in total. The first-order valence-electron chi connectivity index (χ1n) is 10.8. The van der Waals surface area contributed by atoms with Crippen LogP contribution in [0.25, 0.3) is 0 Å². The molecule has 0 saturated carbocycles. The maximum Gasteiger partial charge on any atom is 0.227 e. The number of benzene rings is 1. The third-order valence-corrected chi connectivity index (χ3v) is 5.27. The number of nitrogens with zero attached hydrogens (tertiary/aromatic N) is 1. The first kappa shape index (κ1) is 22.7. The van der Waals surface area contributed by atoms with E-state index < -0.39 is 0 Å². The van der Waals surface area contributed by atoms with Crippen LogP contribution in [0.1, 0.15) is 96.0 Å². The molecule has 0 aromatic heterocycles. The molecule has 0 aliphatic heterocycles. The third-order valence-electron chi connectivity index (χ3n) is 5.27. The number of hydrogen-bond acceptors (Lipinski definition) is 1. The van der Waals surface area contributed by atoms with Gasteiger partial charge in [0.05, 0.1) is 0 Å². The molecule has 26 heavy (non-hydrogen) atoms. The van der Waals surface area contributed by atoms with E-state index in [-0.39, 0.29) is 5.91 Å². The summed E-state index contributed by atoms with van der Waals surface area (Å²) in [6.45, 7) is 5.72. The Hall–Kier alpha value is -1.31. The molecule has 0 saturated heterocycles. The molecule has 1 amide bonds. The van der Waals surface area contributed by atoms with E-state index in [1.165, 1.54) is 89.0 Å². The molecule has 0 spiro atoms. The molecule has 0 bridgehead atoms. The first-order valence-corrected chi connectivity index (χ1v) is 10.8. The summed E-state index contributed by atoms with van der Waals surface area (Å²) in [6, 6.07) is 8.30.